The SMILES string of the molecule is Cc1csc(C(=O)NCc2ccco2)n1. The third-order valence-electron chi connectivity index (χ3n) is 1.82. The van der Waals surface area contributed by atoms with E-state index in [-0.39, 0.29) is 5.91 Å². The minimum atomic E-state index is -0.162. The highest BCUT2D eigenvalue weighted by atomic mass is 32.1. The Hall–Kier alpha value is -1.62. The largest absolute Gasteiger partial charge is 0.467 e. The Morgan fingerprint density at radius 3 is 3.13 bits per heavy atom. The number of rotatable bonds is 3. The van der Waals surface area contributed by atoms with Gasteiger partial charge in [-0.1, -0.05) is 0 Å². The summed E-state index contributed by atoms with van der Waals surface area (Å²) in [4.78, 5) is 15.6. The smallest absolute Gasteiger partial charge is 0.280 e. The zero-order valence-corrected chi connectivity index (χ0v) is 9.00. The number of nitrogens with one attached hydrogen (secondary N) is 1. The van der Waals surface area contributed by atoms with Crippen LogP contribution in [0.1, 0.15) is 21.3 Å². The first kappa shape index (κ1) is 9.92. The van der Waals surface area contributed by atoms with Crippen LogP contribution in [0.15, 0.2) is 28.2 Å². The number of furan rings is 1. The van der Waals surface area contributed by atoms with Crippen molar-refractivity contribution in [3.63, 3.8) is 0 Å². The van der Waals surface area contributed by atoms with Crippen molar-refractivity contribution in [2.75, 3.05) is 0 Å². The molecule has 1 N–H and O–H groups in total. The van der Waals surface area contributed by atoms with Gasteiger partial charge in [0.2, 0.25) is 0 Å². The predicted molar refractivity (Wildman–Crippen MR) is 56.7 cm³/mol. The summed E-state index contributed by atoms with van der Waals surface area (Å²) >= 11 is 1.34. The Labute approximate surface area is 90.9 Å². The van der Waals surface area contributed by atoms with Crippen LogP contribution in [0.5, 0.6) is 0 Å². The molecule has 0 bridgehead atoms. The Kier molecular flexibility index (Phi) is 2.82. The maximum atomic E-state index is 11.5. The van der Waals surface area contributed by atoms with Gasteiger partial charge in [0, 0.05) is 11.1 Å². The van der Waals surface area contributed by atoms with E-state index in [9.17, 15) is 4.79 Å². The van der Waals surface area contributed by atoms with Crippen molar-refractivity contribution in [3.8, 4) is 0 Å². The molecular formula is C10H10N2O2S. The molecule has 0 aliphatic heterocycles. The average Bonchev–Trinajstić information content (AvgIpc) is 2.84. The third-order valence-corrected chi connectivity index (χ3v) is 2.78. The molecule has 2 rings (SSSR count). The lowest BCUT2D eigenvalue weighted by Crippen LogP contribution is -2.22. The second-order valence-corrected chi connectivity index (χ2v) is 3.91. The Bertz CT molecular complexity index is 448. The first-order valence-electron chi connectivity index (χ1n) is 4.48. The van der Waals surface area contributed by atoms with E-state index >= 15 is 0 Å². The third kappa shape index (κ3) is 2.44. The van der Waals surface area contributed by atoms with E-state index in [1.807, 2.05) is 18.4 Å². The maximum absolute atomic E-state index is 11.5. The lowest BCUT2D eigenvalue weighted by Gasteiger charge is -1.99. The predicted octanol–water partition coefficient (Wildman–Crippen LogP) is 1.97. The molecule has 0 saturated carbocycles. The van der Waals surface area contributed by atoms with Crippen molar-refractivity contribution >= 4 is 17.2 Å². The summed E-state index contributed by atoms with van der Waals surface area (Å²) in [5.41, 5.74) is 0.864. The van der Waals surface area contributed by atoms with Crippen LogP contribution in [0.25, 0.3) is 0 Å². The molecule has 0 spiro atoms. The van der Waals surface area contributed by atoms with Crippen LogP contribution < -0.4 is 5.32 Å². The van der Waals surface area contributed by atoms with E-state index in [4.69, 9.17) is 4.42 Å². The highest BCUT2D eigenvalue weighted by Crippen LogP contribution is 2.08. The van der Waals surface area contributed by atoms with Crippen LogP contribution in [0.3, 0.4) is 0 Å². The van der Waals surface area contributed by atoms with Crippen molar-refractivity contribution < 1.29 is 9.21 Å². The minimum absolute atomic E-state index is 0.162. The highest BCUT2D eigenvalue weighted by molar-refractivity contribution is 7.11. The van der Waals surface area contributed by atoms with Crippen molar-refractivity contribution in [3.05, 3.63) is 40.2 Å². The summed E-state index contributed by atoms with van der Waals surface area (Å²) in [7, 11) is 0. The number of aryl methyl sites for hydroxylation is 1. The summed E-state index contributed by atoms with van der Waals surface area (Å²) in [6.07, 6.45) is 1.58. The number of carbonyl (C=O) groups excluding carboxylic acids is 1. The Morgan fingerprint density at radius 1 is 1.67 bits per heavy atom. The molecule has 0 unspecified atom stereocenters. The minimum Gasteiger partial charge on any atom is -0.467 e. The number of carbonyl (C=O) groups is 1. The summed E-state index contributed by atoms with van der Waals surface area (Å²) in [5, 5.41) is 5.06. The second-order valence-electron chi connectivity index (χ2n) is 3.06. The summed E-state index contributed by atoms with van der Waals surface area (Å²) < 4.78 is 5.09. The maximum Gasteiger partial charge on any atom is 0.280 e. The van der Waals surface area contributed by atoms with Gasteiger partial charge in [-0.3, -0.25) is 4.79 Å². The van der Waals surface area contributed by atoms with Crippen molar-refractivity contribution in [1.82, 2.24) is 10.3 Å². The Balaban J connectivity index is 1.93. The zero-order valence-electron chi connectivity index (χ0n) is 8.19. The average molecular weight is 222 g/mol. The lowest BCUT2D eigenvalue weighted by molar-refractivity contribution is 0.0947. The highest BCUT2D eigenvalue weighted by Gasteiger charge is 2.09. The number of aromatic nitrogens is 1. The summed E-state index contributed by atoms with van der Waals surface area (Å²) in [5.74, 6) is 0.570. The molecule has 2 heterocycles. The van der Waals surface area contributed by atoms with Crippen LogP contribution >= 0.6 is 11.3 Å². The number of nitrogens with zero attached hydrogens (tertiary/aromatic N) is 1. The normalized spacial score (nSPS) is 10.2. The number of thiazole rings is 1. The molecule has 0 aromatic carbocycles. The van der Waals surface area contributed by atoms with Gasteiger partial charge < -0.3 is 9.73 Å². The molecule has 1 amide bonds. The van der Waals surface area contributed by atoms with Crippen LogP contribution in [0, 0.1) is 6.92 Å². The Morgan fingerprint density at radius 2 is 2.53 bits per heavy atom. The van der Waals surface area contributed by atoms with E-state index in [0.717, 1.165) is 11.5 Å². The molecule has 0 atom stereocenters. The number of hydrogen-bond acceptors (Lipinski definition) is 4. The van der Waals surface area contributed by atoms with Gasteiger partial charge in [-0.2, -0.15) is 0 Å². The van der Waals surface area contributed by atoms with E-state index in [1.165, 1.54) is 11.3 Å². The fourth-order valence-corrected chi connectivity index (χ4v) is 1.83. The molecule has 2 aromatic rings. The van der Waals surface area contributed by atoms with Crippen LogP contribution in [-0.2, 0) is 6.54 Å². The molecule has 0 aliphatic carbocycles. The molecule has 78 valence electrons. The van der Waals surface area contributed by atoms with E-state index in [1.54, 1.807) is 12.3 Å². The molecule has 4 nitrogen and oxygen atoms in total. The first-order valence-corrected chi connectivity index (χ1v) is 5.36. The van der Waals surface area contributed by atoms with Gasteiger partial charge in [-0.05, 0) is 19.1 Å². The summed E-state index contributed by atoms with van der Waals surface area (Å²) in [6, 6.07) is 3.60. The quantitative estimate of drug-likeness (QED) is 0.863. The molecule has 0 radical (unpaired) electrons. The van der Waals surface area contributed by atoms with Gasteiger partial charge in [0.1, 0.15) is 5.76 Å². The molecule has 15 heavy (non-hydrogen) atoms. The van der Waals surface area contributed by atoms with Gasteiger partial charge in [-0.15, -0.1) is 11.3 Å². The second kappa shape index (κ2) is 4.27. The molecule has 0 fully saturated rings. The standard InChI is InChI=1S/C10H10N2O2S/c1-7-6-15-10(12-7)9(13)11-5-8-3-2-4-14-8/h2-4,6H,5H2,1H3,(H,11,13). The van der Waals surface area contributed by atoms with Crippen molar-refractivity contribution in [2.24, 2.45) is 0 Å². The lowest BCUT2D eigenvalue weighted by atomic mass is 10.4. The fraction of sp³-hybridized carbons (Fsp3) is 0.200. The number of amides is 1. The van der Waals surface area contributed by atoms with Crippen LogP contribution in [0.2, 0.25) is 0 Å². The zero-order chi connectivity index (χ0) is 10.7. The monoisotopic (exact) mass is 222 g/mol. The van der Waals surface area contributed by atoms with Crippen molar-refractivity contribution in [2.45, 2.75) is 13.5 Å². The molecule has 0 aliphatic rings. The topological polar surface area (TPSA) is 55.1 Å². The summed E-state index contributed by atoms with van der Waals surface area (Å²) in [6.45, 7) is 2.25. The van der Waals surface area contributed by atoms with Gasteiger partial charge in [-0.25, -0.2) is 4.98 Å². The van der Waals surface area contributed by atoms with Gasteiger partial charge in [0.25, 0.3) is 5.91 Å². The van der Waals surface area contributed by atoms with E-state index in [0.29, 0.717) is 11.6 Å². The van der Waals surface area contributed by atoms with Gasteiger partial charge in [0.15, 0.2) is 5.01 Å². The molecule has 0 saturated heterocycles. The van der Waals surface area contributed by atoms with Crippen molar-refractivity contribution in [1.29, 1.82) is 0 Å². The van der Waals surface area contributed by atoms with Gasteiger partial charge in [0.05, 0.1) is 12.8 Å². The molecule has 5 heteroatoms. The first-order chi connectivity index (χ1) is 7.25. The fourth-order valence-electron chi connectivity index (χ4n) is 1.11. The molecular weight excluding hydrogens is 212 g/mol. The number of hydrogen-bond donors (Lipinski definition) is 1. The molecule has 2 aromatic heterocycles. The van der Waals surface area contributed by atoms with E-state index < -0.39 is 0 Å². The van der Waals surface area contributed by atoms with Crippen LogP contribution in [-0.4, -0.2) is 10.9 Å². The van der Waals surface area contributed by atoms with E-state index in [2.05, 4.69) is 10.3 Å². The van der Waals surface area contributed by atoms with Gasteiger partial charge >= 0.3 is 0 Å². The van der Waals surface area contributed by atoms with Crippen LogP contribution in [0.4, 0.5) is 0 Å².